The van der Waals surface area contributed by atoms with Crippen molar-refractivity contribution in [1.29, 1.82) is 0 Å². The maximum absolute atomic E-state index is 11.2. The maximum atomic E-state index is 11.2. The number of nitrogens with zero attached hydrogens (tertiary/aromatic N) is 1. The van der Waals surface area contributed by atoms with Gasteiger partial charge in [-0.15, -0.1) is 0 Å². The van der Waals surface area contributed by atoms with Gasteiger partial charge in [0.25, 0.3) is 0 Å². The highest BCUT2D eigenvalue weighted by molar-refractivity contribution is 7.89. The molecule has 0 saturated carbocycles. The average molecular weight is 210 g/mol. The second kappa shape index (κ2) is 2.83. The molecule has 0 bridgehead atoms. The number of nitrogens with two attached hydrogens (primary N) is 1. The van der Waals surface area contributed by atoms with Crippen LogP contribution in [0.1, 0.15) is 0 Å². The van der Waals surface area contributed by atoms with Crippen LogP contribution in [0.15, 0.2) is 35.4 Å². The van der Waals surface area contributed by atoms with Crippen LogP contribution in [0.25, 0.3) is 10.9 Å². The van der Waals surface area contributed by atoms with Crippen LogP contribution in [-0.2, 0) is 17.1 Å². The van der Waals surface area contributed by atoms with Crippen molar-refractivity contribution in [2.45, 2.75) is 4.90 Å². The van der Waals surface area contributed by atoms with E-state index in [9.17, 15) is 8.42 Å². The first kappa shape index (κ1) is 9.23. The molecule has 0 saturated heterocycles. The lowest BCUT2D eigenvalue weighted by Gasteiger charge is -1.94. The number of aromatic nitrogens is 1. The van der Waals surface area contributed by atoms with E-state index in [1.807, 2.05) is 12.1 Å². The number of hydrogen-bond acceptors (Lipinski definition) is 2. The molecule has 0 fully saturated rings. The topological polar surface area (TPSA) is 65.1 Å². The zero-order valence-electron chi connectivity index (χ0n) is 7.64. The number of benzene rings is 1. The second-order valence-electron chi connectivity index (χ2n) is 3.17. The zero-order valence-corrected chi connectivity index (χ0v) is 8.45. The molecule has 2 rings (SSSR count). The van der Waals surface area contributed by atoms with E-state index in [-0.39, 0.29) is 4.90 Å². The Morgan fingerprint density at radius 1 is 1.29 bits per heavy atom. The summed E-state index contributed by atoms with van der Waals surface area (Å²) in [5, 5.41) is 5.76. The van der Waals surface area contributed by atoms with E-state index in [1.54, 1.807) is 23.7 Å². The van der Waals surface area contributed by atoms with Gasteiger partial charge < -0.3 is 4.57 Å². The number of primary sulfonamides is 1. The van der Waals surface area contributed by atoms with Crippen molar-refractivity contribution >= 4 is 20.9 Å². The summed E-state index contributed by atoms with van der Waals surface area (Å²) in [5.74, 6) is 0. The number of rotatable bonds is 1. The molecule has 0 radical (unpaired) electrons. The van der Waals surface area contributed by atoms with E-state index >= 15 is 0 Å². The van der Waals surface area contributed by atoms with E-state index in [2.05, 4.69) is 0 Å². The van der Waals surface area contributed by atoms with Crippen LogP contribution >= 0.6 is 0 Å². The van der Waals surface area contributed by atoms with E-state index < -0.39 is 10.0 Å². The second-order valence-corrected chi connectivity index (χ2v) is 4.70. The fourth-order valence-corrected chi connectivity index (χ4v) is 2.32. The highest BCUT2D eigenvalue weighted by Crippen LogP contribution is 2.22. The molecule has 0 aliphatic carbocycles. The lowest BCUT2D eigenvalue weighted by molar-refractivity contribution is 0.598. The Morgan fingerprint density at radius 3 is 2.57 bits per heavy atom. The van der Waals surface area contributed by atoms with Crippen molar-refractivity contribution < 1.29 is 8.42 Å². The van der Waals surface area contributed by atoms with Gasteiger partial charge in [0.2, 0.25) is 10.0 Å². The monoisotopic (exact) mass is 210 g/mol. The minimum absolute atomic E-state index is 0.176. The molecule has 1 heterocycles. The number of aryl methyl sites for hydroxylation is 1. The Labute approximate surface area is 82.0 Å². The molecule has 0 amide bonds. The fourth-order valence-electron chi connectivity index (χ4n) is 1.53. The third-order valence-electron chi connectivity index (χ3n) is 2.17. The maximum Gasteiger partial charge on any atom is 0.240 e. The van der Waals surface area contributed by atoms with Crippen LogP contribution in [0.3, 0.4) is 0 Å². The largest absolute Gasteiger partial charge is 0.349 e. The molecule has 5 heteroatoms. The van der Waals surface area contributed by atoms with Gasteiger partial charge in [-0.2, -0.15) is 0 Å². The third kappa shape index (κ3) is 1.30. The summed E-state index contributed by atoms with van der Waals surface area (Å²) >= 11 is 0. The normalized spacial score (nSPS) is 12.1. The summed E-state index contributed by atoms with van der Waals surface area (Å²) in [6, 6.07) is 7.24. The predicted molar refractivity (Wildman–Crippen MR) is 54.3 cm³/mol. The number of sulfonamides is 1. The summed E-state index contributed by atoms with van der Waals surface area (Å²) in [6.07, 6.45) is 1.53. The van der Waals surface area contributed by atoms with E-state index in [0.29, 0.717) is 5.39 Å². The third-order valence-corrected chi connectivity index (χ3v) is 3.11. The predicted octanol–water partition coefficient (Wildman–Crippen LogP) is 0.826. The van der Waals surface area contributed by atoms with Crippen molar-refractivity contribution in [3.63, 3.8) is 0 Å². The summed E-state index contributed by atoms with van der Waals surface area (Å²) < 4.78 is 24.2. The first-order chi connectivity index (χ1) is 6.50. The Morgan fingerprint density at radius 2 is 1.93 bits per heavy atom. The molecule has 0 spiro atoms. The molecule has 0 aliphatic rings. The van der Waals surface area contributed by atoms with Crippen LogP contribution in [-0.4, -0.2) is 13.0 Å². The Bertz CT molecular complexity index is 584. The fraction of sp³-hybridized carbons (Fsp3) is 0.111. The highest BCUT2D eigenvalue weighted by Gasteiger charge is 2.14. The standard InChI is InChI=1S/C9H10N2O2S/c1-11-6-9(14(10,12)13)7-4-2-3-5-8(7)11/h2-6H,1H3,(H2,10,12,13). The van der Waals surface area contributed by atoms with Gasteiger partial charge in [0, 0.05) is 24.1 Å². The van der Waals surface area contributed by atoms with Crippen molar-refractivity contribution in [3.05, 3.63) is 30.5 Å². The lowest BCUT2D eigenvalue weighted by Crippen LogP contribution is -2.11. The molecule has 74 valence electrons. The van der Waals surface area contributed by atoms with Gasteiger partial charge in [-0.25, -0.2) is 13.6 Å². The first-order valence-electron chi connectivity index (χ1n) is 4.07. The van der Waals surface area contributed by atoms with Gasteiger partial charge in [-0.05, 0) is 6.07 Å². The smallest absolute Gasteiger partial charge is 0.240 e. The van der Waals surface area contributed by atoms with E-state index in [4.69, 9.17) is 5.14 Å². The molecule has 2 N–H and O–H groups in total. The van der Waals surface area contributed by atoms with Gasteiger partial charge in [-0.1, -0.05) is 18.2 Å². The quantitative estimate of drug-likeness (QED) is 0.757. The summed E-state index contributed by atoms with van der Waals surface area (Å²) in [6.45, 7) is 0. The van der Waals surface area contributed by atoms with Crippen molar-refractivity contribution in [1.82, 2.24) is 4.57 Å². The SMILES string of the molecule is Cn1cc(S(N)(=O)=O)c2ccccc21. The van der Waals surface area contributed by atoms with Crippen LogP contribution in [0.5, 0.6) is 0 Å². The van der Waals surface area contributed by atoms with Crippen molar-refractivity contribution in [3.8, 4) is 0 Å². The molecular formula is C9H10N2O2S. The van der Waals surface area contributed by atoms with Crippen LogP contribution in [0.4, 0.5) is 0 Å². The van der Waals surface area contributed by atoms with Gasteiger partial charge in [-0.3, -0.25) is 0 Å². The van der Waals surface area contributed by atoms with Crippen LogP contribution in [0.2, 0.25) is 0 Å². The summed E-state index contributed by atoms with van der Waals surface area (Å²) in [7, 11) is -1.84. The van der Waals surface area contributed by atoms with E-state index in [1.165, 1.54) is 6.20 Å². The highest BCUT2D eigenvalue weighted by atomic mass is 32.2. The van der Waals surface area contributed by atoms with Gasteiger partial charge in [0.15, 0.2) is 0 Å². The van der Waals surface area contributed by atoms with Gasteiger partial charge in [0.05, 0.1) is 0 Å². The molecule has 1 aromatic carbocycles. The minimum Gasteiger partial charge on any atom is -0.349 e. The number of hydrogen-bond donors (Lipinski definition) is 1. The van der Waals surface area contributed by atoms with Crippen LogP contribution < -0.4 is 5.14 Å². The zero-order chi connectivity index (χ0) is 10.3. The Balaban J connectivity index is 2.93. The van der Waals surface area contributed by atoms with Crippen molar-refractivity contribution in [2.24, 2.45) is 12.2 Å². The molecule has 0 aliphatic heterocycles. The Kier molecular flexibility index (Phi) is 1.87. The molecular weight excluding hydrogens is 200 g/mol. The van der Waals surface area contributed by atoms with E-state index in [0.717, 1.165) is 5.52 Å². The number of fused-ring (bicyclic) bond motifs is 1. The molecule has 0 atom stereocenters. The van der Waals surface area contributed by atoms with Gasteiger partial charge in [0.1, 0.15) is 4.90 Å². The first-order valence-corrected chi connectivity index (χ1v) is 5.61. The minimum atomic E-state index is -3.63. The Hall–Kier alpha value is -1.33. The molecule has 0 unspecified atom stereocenters. The molecule has 4 nitrogen and oxygen atoms in total. The summed E-state index contributed by atoms with van der Waals surface area (Å²) in [4.78, 5) is 0.176. The summed E-state index contributed by atoms with van der Waals surface area (Å²) in [5.41, 5.74) is 0.858. The molecule has 14 heavy (non-hydrogen) atoms. The average Bonchev–Trinajstić information content (AvgIpc) is 2.44. The van der Waals surface area contributed by atoms with Crippen molar-refractivity contribution in [2.75, 3.05) is 0 Å². The molecule has 2 aromatic rings. The number of para-hydroxylation sites is 1. The van der Waals surface area contributed by atoms with Gasteiger partial charge >= 0.3 is 0 Å². The molecule has 1 aromatic heterocycles. The van der Waals surface area contributed by atoms with Crippen LogP contribution in [0, 0.1) is 0 Å². The lowest BCUT2D eigenvalue weighted by atomic mass is 10.2.